The number of amides is 1. The summed E-state index contributed by atoms with van der Waals surface area (Å²) in [6.07, 6.45) is 0.873. The number of hydrogen-bond acceptors (Lipinski definition) is 3. The molecule has 130 valence electrons. The third-order valence-electron chi connectivity index (χ3n) is 4.92. The Bertz CT molecular complexity index is 731. The van der Waals surface area contributed by atoms with Gasteiger partial charge < -0.3 is 10.0 Å². The van der Waals surface area contributed by atoms with Crippen molar-refractivity contribution in [1.29, 1.82) is 0 Å². The lowest BCUT2D eigenvalue weighted by molar-refractivity contribution is -0.128. The van der Waals surface area contributed by atoms with Crippen molar-refractivity contribution in [2.45, 2.75) is 25.9 Å². The van der Waals surface area contributed by atoms with Crippen LogP contribution in [-0.2, 0) is 4.79 Å². The molecule has 1 amide bonds. The van der Waals surface area contributed by atoms with E-state index in [0.717, 1.165) is 11.1 Å². The Balaban J connectivity index is 1.59. The summed E-state index contributed by atoms with van der Waals surface area (Å²) >= 11 is 0. The van der Waals surface area contributed by atoms with Gasteiger partial charge in [0.05, 0.1) is 6.10 Å². The zero-order chi connectivity index (χ0) is 17.8. The van der Waals surface area contributed by atoms with Crippen molar-refractivity contribution in [2.75, 3.05) is 13.1 Å². The van der Waals surface area contributed by atoms with Crippen molar-refractivity contribution >= 4 is 11.7 Å². The number of aliphatic hydroxyl groups is 1. The molecule has 1 heterocycles. The molecule has 0 bridgehead atoms. The van der Waals surface area contributed by atoms with E-state index < -0.39 is 17.8 Å². The minimum Gasteiger partial charge on any atom is -0.388 e. The van der Waals surface area contributed by atoms with Crippen molar-refractivity contribution in [2.24, 2.45) is 5.92 Å². The summed E-state index contributed by atoms with van der Waals surface area (Å²) in [5, 5.41) is 10.5. The first-order chi connectivity index (χ1) is 12.1. The highest BCUT2D eigenvalue weighted by molar-refractivity contribution is 6.42. The van der Waals surface area contributed by atoms with Gasteiger partial charge in [-0.2, -0.15) is 0 Å². The molecule has 4 nitrogen and oxygen atoms in total. The molecule has 1 aliphatic heterocycles. The normalized spacial score (nSPS) is 16.5. The fraction of sp³-hybridized carbons (Fsp3) is 0.333. The minimum atomic E-state index is -0.522. The Hall–Kier alpha value is -2.46. The molecule has 0 saturated carbocycles. The molecule has 1 unspecified atom stereocenters. The molecular weight excluding hydrogens is 314 g/mol. The second kappa shape index (κ2) is 7.62. The number of Topliss-reactive ketones (excluding diaryl/α,β-unsaturated/α-hetero) is 1. The third kappa shape index (κ3) is 3.97. The molecule has 4 heteroatoms. The van der Waals surface area contributed by atoms with Crippen molar-refractivity contribution in [1.82, 2.24) is 4.90 Å². The van der Waals surface area contributed by atoms with Crippen molar-refractivity contribution in [3.8, 4) is 0 Å². The number of piperidine rings is 1. The van der Waals surface area contributed by atoms with E-state index in [1.54, 1.807) is 17.0 Å². The second-order valence-electron chi connectivity index (χ2n) is 6.68. The molecule has 0 aromatic heterocycles. The second-order valence-corrected chi connectivity index (χ2v) is 6.68. The average molecular weight is 337 g/mol. The number of carbonyl (C=O) groups is 2. The summed E-state index contributed by atoms with van der Waals surface area (Å²) in [7, 11) is 0. The van der Waals surface area contributed by atoms with E-state index in [1.807, 2.05) is 49.4 Å². The third-order valence-corrected chi connectivity index (χ3v) is 4.92. The van der Waals surface area contributed by atoms with E-state index >= 15 is 0 Å². The molecule has 1 saturated heterocycles. The standard InChI is InChI=1S/C21H23NO3/c1-15-7-9-17(10-8-15)20(24)21(25)22-13-11-18(12-14-22)19(23)16-5-3-2-4-6-16/h2-10,18-19,23H,11-14H2,1H3. The first kappa shape index (κ1) is 17.4. The quantitative estimate of drug-likeness (QED) is 0.689. The van der Waals surface area contributed by atoms with Crippen LogP contribution >= 0.6 is 0 Å². The molecular formula is C21H23NO3. The number of ketones is 1. The molecule has 0 aliphatic carbocycles. The van der Waals surface area contributed by atoms with Gasteiger partial charge in [0.25, 0.3) is 5.91 Å². The maximum Gasteiger partial charge on any atom is 0.294 e. The largest absolute Gasteiger partial charge is 0.388 e. The van der Waals surface area contributed by atoms with Crippen LogP contribution in [0.2, 0.25) is 0 Å². The SMILES string of the molecule is Cc1ccc(C(=O)C(=O)N2CCC(C(O)c3ccccc3)CC2)cc1. The molecule has 2 aromatic rings. The number of rotatable bonds is 4. The Kier molecular flexibility index (Phi) is 5.29. The number of hydrogen-bond donors (Lipinski definition) is 1. The molecule has 25 heavy (non-hydrogen) atoms. The van der Waals surface area contributed by atoms with E-state index in [9.17, 15) is 14.7 Å². The highest BCUT2D eigenvalue weighted by Gasteiger charge is 2.30. The molecule has 1 fully saturated rings. The highest BCUT2D eigenvalue weighted by Crippen LogP contribution is 2.30. The fourth-order valence-electron chi connectivity index (χ4n) is 3.31. The average Bonchev–Trinajstić information content (AvgIpc) is 2.67. The summed E-state index contributed by atoms with van der Waals surface area (Å²) in [4.78, 5) is 26.4. The van der Waals surface area contributed by atoms with Gasteiger partial charge in [-0.05, 0) is 31.2 Å². The predicted molar refractivity (Wildman–Crippen MR) is 96.2 cm³/mol. The van der Waals surface area contributed by atoms with Gasteiger partial charge >= 0.3 is 0 Å². The number of aliphatic hydroxyl groups excluding tert-OH is 1. The van der Waals surface area contributed by atoms with Gasteiger partial charge in [-0.3, -0.25) is 9.59 Å². The van der Waals surface area contributed by atoms with Crippen LogP contribution in [0, 0.1) is 12.8 Å². The Labute approximate surface area is 148 Å². The lowest BCUT2D eigenvalue weighted by Crippen LogP contribution is -2.43. The van der Waals surface area contributed by atoms with Gasteiger partial charge in [0.1, 0.15) is 0 Å². The van der Waals surface area contributed by atoms with Crippen LogP contribution < -0.4 is 0 Å². The van der Waals surface area contributed by atoms with Crippen LogP contribution in [-0.4, -0.2) is 34.8 Å². The first-order valence-electron chi connectivity index (χ1n) is 8.69. The summed E-state index contributed by atoms with van der Waals surface area (Å²) in [5.74, 6) is -0.792. The molecule has 1 aliphatic rings. The molecule has 1 atom stereocenters. The van der Waals surface area contributed by atoms with Crippen molar-refractivity contribution < 1.29 is 14.7 Å². The summed E-state index contributed by atoms with van der Waals surface area (Å²) in [6.45, 7) is 2.95. The van der Waals surface area contributed by atoms with Crippen LogP contribution in [0.5, 0.6) is 0 Å². The maximum atomic E-state index is 12.4. The Morgan fingerprint density at radius 1 is 1.00 bits per heavy atom. The zero-order valence-corrected chi connectivity index (χ0v) is 14.4. The number of benzene rings is 2. The highest BCUT2D eigenvalue weighted by atomic mass is 16.3. The van der Waals surface area contributed by atoms with Gasteiger partial charge in [-0.15, -0.1) is 0 Å². The summed E-state index contributed by atoms with van der Waals surface area (Å²) < 4.78 is 0. The topological polar surface area (TPSA) is 57.6 Å². The molecule has 0 spiro atoms. The van der Waals surface area contributed by atoms with Gasteiger partial charge in [0.15, 0.2) is 0 Å². The van der Waals surface area contributed by atoms with Gasteiger partial charge in [-0.1, -0.05) is 60.2 Å². The monoisotopic (exact) mass is 337 g/mol. The fourth-order valence-corrected chi connectivity index (χ4v) is 3.31. The van der Waals surface area contributed by atoms with Crippen LogP contribution in [0.3, 0.4) is 0 Å². The molecule has 1 N–H and O–H groups in total. The Morgan fingerprint density at radius 3 is 2.20 bits per heavy atom. The predicted octanol–water partition coefficient (Wildman–Crippen LogP) is 3.15. The van der Waals surface area contributed by atoms with Gasteiger partial charge in [-0.25, -0.2) is 0 Å². The smallest absolute Gasteiger partial charge is 0.294 e. The summed E-state index contributed by atoms with van der Waals surface area (Å²) in [6, 6.07) is 16.7. The molecule has 3 rings (SSSR count). The van der Waals surface area contributed by atoms with E-state index in [4.69, 9.17) is 0 Å². The first-order valence-corrected chi connectivity index (χ1v) is 8.69. The van der Waals surface area contributed by atoms with E-state index in [-0.39, 0.29) is 5.92 Å². The maximum absolute atomic E-state index is 12.4. The summed E-state index contributed by atoms with van der Waals surface area (Å²) in [5.41, 5.74) is 2.39. The lowest BCUT2D eigenvalue weighted by Gasteiger charge is -2.34. The van der Waals surface area contributed by atoms with Crippen LogP contribution in [0.1, 0.15) is 40.4 Å². The van der Waals surface area contributed by atoms with E-state index in [1.165, 1.54) is 0 Å². The van der Waals surface area contributed by atoms with E-state index in [2.05, 4.69) is 0 Å². The van der Waals surface area contributed by atoms with Crippen LogP contribution in [0.25, 0.3) is 0 Å². The Morgan fingerprint density at radius 2 is 1.60 bits per heavy atom. The molecule has 0 radical (unpaired) electrons. The van der Waals surface area contributed by atoms with Crippen LogP contribution in [0.4, 0.5) is 0 Å². The number of aryl methyl sites for hydroxylation is 1. The van der Waals surface area contributed by atoms with Crippen molar-refractivity contribution in [3.05, 3.63) is 71.3 Å². The lowest BCUT2D eigenvalue weighted by atomic mass is 9.87. The van der Waals surface area contributed by atoms with Gasteiger partial charge in [0, 0.05) is 18.7 Å². The zero-order valence-electron chi connectivity index (χ0n) is 14.4. The minimum absolute atomic E-state index is 0.112. The number of likely N-dealkylation sites (tertiary alicyclic amines) is 1. The van der Waals surface area contributed by atoms with E-state index in [0.29, 0.717) is 31.5 Å². The number of carbonyl (C=O) groups excluding carboxylic acids is 2. The van der Waals surface area contributed by atoms with Gasteiger partial charge in [0.2, 0.25) is 5.78 Å². The number of nitrogens with zero attached hydrogens (tertiary/aromatic N) is 1. The molecule has 2 aromatic carbocycles. The van der Waals surface area contributed by atoms with Crippen LogP contribution in [0.15, 0.2) is 54.6 Å². The van der Waals surface area contributed by atoms with Crippen molar-refractivity contribution in [3.63, 3.8) is 0 Å².